The Morgan fingerprint density at radius 1 is 0.974 bits per heavy atom. The molecular formula is C28H31FN8O2. The number of likely N-dealkylation sites (tertiary alicyclic amines) is 1. The summed E-state index contributed by atoms with van der Waals surface area (Å²) in [5.74, 6) is -0.361. The van der Waals surface area contributed by atoms with E-state index in [2.05, 4.69) is 30.3 Å². The molecule has 0 bridgehead atoms. The van der Waals surface area contributed by atoms with Crippen molar-refractivity contribution in [3.8, 4) is 11.3 Å². The van der Waals surface area contributed by atoms with E-state index in [1.165, 1.54) is 23.2 Å². The van der Waals surface area contributed by atoms with Crippen LogP contribution in [0.15, 0.2) is 47.4 Å². The zero-order valence-corrected chi connectivity index (χ0v) is 22.1. The Morgan fingerprint density at radius 2 is 1.82 bits per heavy atom. The molecule has 0 spiro atoms. The molecule has 3 aromatic heterocycles. The topological polar surface area (TPSA) is 102 Å². The van der Waals surface area contributed by atoms with Gasteiger partial charge < -0.3 is 15.2 Å². The summed E-state index contributed by atoms with van der Waals surface area (Å²) in [5.41, 5.74) is 3.71. The van der Waals surface area contributed by atoms with Gasteiger partial charge in [-0.05, 0) is 69.1 Å². The maximum atomic E-state index is 14.7. The smallest absolute Gasteiger partial charge is 0.290 e. The number of carbonyl (C=O) groups is 1. The zero-order valence-electron chi connectivity index (χ0n) is 22.1. The number of amides is 1. The number of nitrogens with one attached hydrogen (secondary N) is 2. The van der Waals surface area contributed by atoms with E-state index < -0.39 is 5.82 Å². The van der Waals surface area contributed by atoms with E-state index in [-0.39, 0.29) is 17.2 Å². The van der Waals surface area contributed by atoms with Crippen molar-refractivity contribution in [1.29, 1.82) is 0 Å². The van der Waals surface area contributed by atoms with E-state index in [0.29, 0.717) is 28.3 Å². The average molecular weight is 531 g/mol. The molecule has 2 N–H and O–H groups in total. The Labute approximate surface area is 225 Å². The van der Waals surface area contributed by atoms with Crippen molar-refractivity contribution in [3.05, 3.63) is 75.7 Å². The number of nitrogens with zero attached hydrogens (tertiary/aromatic N) is 6. The minimum atomic E-state index is -0.553. The second-order valence-corrected chi connectivity index (χ2v) is 10.3. The van der Waals surface area contributed by atoms with Gasteiger partial charge in [-0.3, -0.25) is 19.2 Å². The predicted octanol–water partition coefficient (Wildman–Crippen LogP) is 3.66. The molecule has 1 aromatic carbocycles. The molecule has 2 aliphatic heterocycles. The van der Waals surface area contributed by atoms with Gasteiger partial charge in [0, 0.05) is 50.7 Å². The fraction of sp³-hybridized carbons (Fsp3) is 0.357. The third kappa shape index (κ3) is 5.09. The minimum absolute atomic E-state index is 0.0483. The number of carbonyl (C=O) groups excluding carboxylic acids is 1. The lowest BCUT2D eigenvalue weighted by atomic mass is 10.1. The lowest BCUT2D eigenvalue weighted by molar-refractivity contribution is 0.102. The van der Waals surface area contributed by atoms with Gasteiger partial charge in [0.25, 0.3) is 11.5 Å². The van der Waals surface area contributed by atoms with Crippen molar-refractivity contribution in [2.75, 3.05) is 23.7 Å². The van der Waals surface area contributed by atoms with Gasteiger partial charge in [0.15, 0.2) is 5.82 Å². The first kappa shape index (κ1) is 25.1. The van der Waals surface area contributed by atoms with Crippen LogP contribution in [0, 0.1) is 5.82 Å². The number of anilines is 3. The lowest BCUT2D eigenvalue weighted by Gasteiger charge is -2.30. The molecule has 5 heterocycles. The van der Waals surface area contributed by atoms with Gasteiger partial charge in [-0.2, -0.15) is 10.2 Å². The highest BCUT2D eigenvalue weighted by molar-refractivity contribution is 6.04. The van der Waals surface area contributed by atoms with Crippen molar-refractivity contribution >= 4 is 23.1 Å². The summed E-state index contributed by atoms with van der Waals surface area (Å²) in [6, 6.07) is 9.82. The van der Waals surface area contributed by atoms with Crippen molar-refractivity contribution in [2.24, 2.45) is 14.1 Å². The molecule has 39 heavy (non-hydrogen) atoms. The number of aromatic nitrogens is 5. The third-order valence-electron chi connectivity index (χ3n) is 7.48. The van der Waals surface area contributed by atoms with Crippen molar-refractivity contribution in [3.63, 3.8) is 0 Å². The second-order valence-electron chi connectivity index (χ2n) is 10.3. The van der Waals surface area contributed by atoms with Crippen LogP contribution in [0.5, 0.6) is 0 Å². The van der Waals surface area contributed by atoms with Crippen LogP contribution >= 0.6 is 0 Å². The molecule has 11 heteroatoms. The van der Waals surface area contributed by atoms with Gasteiger partial charge >= 0.3 is 0 Å². The maximum absolute atomic E-state index is 14.7. The Morgan fingerprint density at radius 3 is 2.59 bits per heavy atom. The molecule has 2 aliphatic rings. The Balaban J connectivity index is 1.24. The number of hydrogen-bond acceptors (Lipinski definition) is 6. The predicted molar refractivity (Wildman–Crippen MR) is 147 cm³/mol. The van der Waals surface area contributed by atoms with E-state index in [9.17, 15) is 14.0 Å². The first-order valence-electron chi connectivity index (χ1n) is 13.2. The van der Waals surface area contributed by atoms with Crippen molar-refractivity contribution in [1.82, 2.24) is 29.0 Å². The number of fused-ring (bicyclic) bond motifs is 1. The van der Waals surface area contributed by atoms with Gasteiger partial charge in [-0.15, -0.1) is 0 Å². The SMILES string of the molecule is Cn1nc(Nc2cc(-c3ccc(F)c(NC(=O)c4cc5n(c4)CCCC5)c3)nn(C)c2=O)cc1CN1CCC1. The van der Waals surface area contributed by atoms with Gasteiger partial charge in [0.1, 0.15) is 11.5 Å². The molecule has 202 valence electrons. The van der Waals surface area contributed by atoms with Gasteiger partial charge in [-0.1, -0.05) is 0 Å². The minimum Gasteiger partial charge on any atom is -0.351 e. The zero-order chi connectivity index (χ0) is 27.1. The largest absolute Gasteiger partial charge is 0.351 e. The molecule has 1 saturated heterocycles. The summed E-state index contributed by atoms with van der Waals surface area (Å²) < 4.78 is 19.9. The number of aryl methyl sites for hydroxylation is 4. The van der Waals surface area contributed by atoms with Crippen LogP contribution < -0.4 is 16.2 Å². The molecule has 10 nitrogen and oxygen atoms in total. The van der Waals surface area contributed by atoms with Crippen LogP contribution in [0.3, 0.4) is 0 Å². The van der Waals surface area contributed by atoms with E-state index >= 15 is 0 Å². The molecule has 1 amide bonds. The molecule has 4 aromatic rings. The normalized spacial score (nSPS) is 15.1. The van der Waals surface area contributed by atoms with Crippen LogP contribution in [0.2, 0.25) is 0 Å². The highest BCUT2D eigenvalue weighted by atomic mass is 19.1. The summed E-state index contributed by atoms with van der Waals surface area (Å²) in [6.07, 6.45) is 6.16. The maximum Gasteiger partial charge on any atom is 0.290 e. The average Bonchev–Trinajstić information content (AvgIpc) is 3.48. The molecule has 0 saturated carbocycles. The molecule has 0 radical (unpaired) electrons. The summed E-state index contributed by atoms with van der Waals surface area (Å²) in [6.45, 7) is 3.85. The van der Waals surface area contributed by atoms with Crippen LogP contribution in [-0.2, 0) is 33.6 Å². The molecule has 6 rings (SSSR count). The van der Waals surface area contributed by atoms with Crippen molar-refractivity contribution < 1.29 is 9.18 Å². The van der Waals surface area contributed by atoms with Gasteiger partial charge in [0.2, 0.25) is 0 Å². The second kappa shape index (κ2) is 10.1. The van der Waals surface area contributed by atoms with Crippen molar-refractivity contribution in [2.45, 2.75) is 38.8 Å². The summed E-state index contributed by atoms with van der Waals surface area (Å²) in [5, 5.41) is 14.7. The van der Waals surface area contributed by atoms with Gasteiger partial charge in [0.05, 0.1) is 22.6 Å². The van der Waals surface area contributed by atoms with E-state index in [1.54, 1.807) is 19.2 Å². The van der Waals surface area contributed by atoms with E-state index in [0.717, 1.165) is 56.8 Å². The Hall–Kier alpha value is -4.25. The Bertz CT molecular complexity index is 1590. The fourth-order valence-electron chi connectivity index (χ4n) is 5.12. The summed E-state index contributed by atoms with van der Waals surface area (Å²) >= 11 is 0. The summed E-state index contributed by atoms with van der Waals surface area (Å²) in [4.78, 5) is 28.1. The quantitative estimate of drug-likeness (QED) is 0.378. The van der Waals surface area contributed by atoms with Gasteiger partial charge in [-0.25, -0.2) is 9.07 Å². The number of halogens is 1. The van der Waals surface area contributed by atoms with E-state index in [1.807, 2.05) is 30.1 Å². The number of benzene rings is 1. The number of hydrogen-bond donors (Lipinski definition) is 2. The fourth-order valence-corrected chi connectivity index (χ4v) is 5.12. The van der Waals surface area contributed by atoms with Crippen LogP contribution in [0.4, 0.5) is 21.6 Å². The molecule has 1 fully saturated rings. The highest BCUT2D eigenvalue weighted by Crippen LogP contribution is 2.27. The number of rotatable bonds is 7. The molecule has 0 unspecified atom stereocenters. The Kier molecular flexibility index (Phi) is 6.51. The monoisotopic (exact) mass is 530 g/mol. The molecule has 0 atom stereocenters. The first-order chi connectivity index (χ1) is 18.8. The first-order valence-corrected chi connectivity index (χ1v) is 13.2. The molecular weight excluding hydrogens is 499 g/mol. The standard InChI is InChI=1S/C28H31FN8O2/c1-34-21(17-36-9-5-10-36)14-26(33-34)30-25-15-23(32-35(2)28(25)39)18-7-8-22(29)24(13-18)31-27(38)19-12-20-6-3-4-11-37(20)16-19/h7-8,12-16H,3-6,9-11,17H2,1-2H3,(H,30,33)(H,31,38). The third-order valence-corrected chi connectivity index (χ3v) is 7.48. The van der Waals surface area contributed by atoms with E-state index in [4.69, 9.17) is 0 Å². The molecule has 0 aliphatic carbocycles. The summed E-state index contributed by atoms with van der Waals surface area (Å²) in [7, 11) is 3.44. The van der Waals surface area contributed by atoms with Crippen LogP contribution in [0.25, 0.3) is 11.3 Å². The highest BCUT2D eigenvalue weighted by Gasteiger charge is 2.19. The van der Waals surface area contributed by atoms with Crippen LogP contribution in [0.1, 0.15) is 41.0 Å². The van der Waals surface area contributed by atoms with Crippen LogP contribution in [-0.4, -0.2) is 48.0 Å². The lowest BCUT2D eigenvalue weighted by Crippen LogP contribution is -2.36.